The lowest BCUT2D eigenvalue weighted by molar-refractivity contribution is -0.384. The zero-order valence-corrected chi connectivity index (χ0v) is 25.2. The van der Waals surface area contributed by atoms with E-state index in [1.807, 2.05) is 13.0 Å². The Hall–Kier alpha value is -4.96. The number of nitro benzene ring substituents is 1. The smallest absolute Gasteiger partial charge is 0.339 e. The van der Waals surface area contributed by atoms with Gasteiger partial charge in [0.05, 0.1) is 39.2 Å². The summed E-state index contributed by atoms with van der Waals surface area (Å²) >= 11 is 5.85. The van der Waals surface area contributed by atoms with Gasteiger partial charge in [-0.15, -0.1) is 0 Å². The van der Waals surface area contributed by atoms with Crippen LogP contribution in [0.15, 0.2) is 66.7 Å². The first-order chi connectivity index (χ1) is 21.5. The lowest BCUT2D eigenvalue weighted by atomic mass is 9.76. The van der Waals surface area contributed by atoms with Gasteiger partial charge in [-0.3, -0.25) is 29.4 Å². The average Bonchev–Trinajstić information content (AvgIpc) is 3.27. The summed E-state index contributed by atoms with van der Waals surface area (Å²) in [6.45, 7) is 3.34. The summed E-state index contributed by atoms with van der Waals surface area (Å²) in [6, 6.07) is 17.5. The van der Waals surface area contributed by atoms with Gasteiger partial charge in [-0.05, 0) is 74.6 Å². The van der Waals surface area contributed by atoms with Crippen LogP contribution in [0.4, 0.5) is 11.4 Å². The number of ketones is 1. The van der Waals surface area contributed by atoms with E-state index in [-0.39, 0.29) is 39.8 Å². The number of esters is 1. The number of fused-ring (bicyclic) bond motifs is 2. The molecule has 2 heterocycles. The summed E-state index contributed by atoms with van der Waals surface area (Å²) in [5.74, 6) is -1.85. The molecule has 228 valence electrons. The fraction of sp³-hybridized carbons (Fsp3) is 0.265. The van der Waals surface area contributed by atoms with Gasteiger partial charge >= 0.3 is 5.97 Å². The van der Waals surface area contributed by atoms with Crippen molar-refractivity contribution in [2.75, 3.05) is 11.5 Å². The third-order valence-electron chi connectivity index (χ3n) is 8.59. The number of carbonyl (C=O) groups excluding carboxylic acids is 4. The Kier molecular flexibility index (Phi) is 7.92. The first-order valence-corrected chi connectivity index (χ1v) is 14.9. The minimum absolute atomic E-state index is 0.0150. The van der Waals surface area contributed by atoms with Gasteiger partial charge in [0.1, 0.15) is 5.02 Å². The molecule has 2 fully saturated rings. The van der Waals surface area contributed by atoms with Crippen LogP contribution < -0.4 is 4.90 Å². The van der Waals surface area contributed by atoms with E-state index in [0.717, 1.165) is 24.5 Å². The van der Waals surface area contributed by atoms with Crippen LogP contribution in [-0.2, 0) is 14.3 Å². The number of hydrogen-bond acceptors (Lipinski definition) is 8. The number of Topliss-reactive ketones (excluding diaryl/α,β-unsaturated/α-hetero) is 1. The second-order valence-corrected chi connectivity index (χ2v) is 12.1. The fourth-order valence-electron chi connectivity index (χ4n) is 6.20. The summed E-state index contributed by atoms with van der Waals surface area (Å²) in [4.78, 5) is 69.0. The highest BCUT2D eigenvalue weighted by atomic mass is 35.5. The molecule has 0 spiro atoms. The molecule has 6 rings (SSSR count). The number of ether oxygens (including phenoxy) is 1. The Labute approximate surface area is 263 Å². The van der Waals surface area contributed by atoms with Crippen LogP contribution in [0.1, 0.15) is 52.5 Å². The highest BCUT2D eigenvalue weighted by molar-refractivity contribution is 6.32. The van der Waals surface area contributed by atoms with E-state index in [4.69, 9.17) is 21.3 Å². The minimum Gasteiger partial charge on any atom is -0.454 e. The van der Waals surface area contributed by atoms with E-state index < -0.39 is 29.0 Å². The van der Waals surface area contributed by atoms with Crippen LogP contribution in [0, 0.1) is 34.8 Å². The summed E-state index contributed by atoms with van der Waals surface area (Å²) < 4.78 is 5.38. The molecule has 2 aliphatic rings. The summed E-state index contributed by atoms with van der Waals surface area (Å²) in [5.41, 5.74) is 2.74. The lowest BCUT2D eigenvalue weighted by Gasteiger charge is -2.25. The minimum atomic E-state index is -0.771. The molecule has 4 aromatic rings. The number of benzene rings is 3. The van der Waals surface area contributed by atoms with E-state index in [1.54, 1.807) is 42.5 Å². The molecule has 1 saturated carbocycles. The van der Waals surface area contributed by atoms with Gasteiger partial charge in [0, 0.05) is 22.6 Å². The Morgan fingerprint density at radius 1 is 1.00 bits per heavy atom. The van der Waals surface area contributed by atoms with Gasteiger partial charge in [0.2, 0.25) is 17.6 Å². The molecule has 0 bridgehead atoms. The number of imide groups is 1. The van der Waals surface area contributed by atoms with Gasteiger partial charge in [0.25, 0.3) is 5.69 Å². The van der Waals surface area contributed by atoms with Gasteiger partial charge in [-0.1, -0.05) is 42.3 Å². The molecule has 0 radical (unpaired) electrons. The van der Waals surface area contributed by atoms with Gasteiger partial charge in [-0.25, -0.2) is 9.78 Å². The van der Waals surface area contributed by atoms with Crippen LogP contribution in [-0.4, -0.2) is 40.1 Å². The lowest BCUT2D eigenvalue weighted by Crippen LogP contribution is -2.30. The molecule has 10 nitrogen and oxygen atoms in total. The van der Waals surface area contributed by atoms with Crippen molar-refractivity contribution >= 4 is 57.4 Å². The molecular weight excluding hydrogens is 598 g/mol. The van der Waals surface area contributed by atoms with Crippen molar-refractivity contribution in [2.24, 2.45) is 17.8 Å². The predicted molar refractivity (Wildman–Crippen MR) is 167 cm³/mol. The first kappa shape index (κ1) is 30.1. The highest BCUT2D eigenvalue weighted by Gasteiger charge is 2.49. The molecule has 3 aromatic carbocycles. The molecule has 1 aliphatic carbocycles. The van der Waals surface area contributed by atoms with Crippen LogP contribution in [0.2, 0.25) is 5.02 Å². The Morgan fingerprint density at radius 3 is 2.47 bits per heavy atom. The first-order valence-electron chi connectivity index (χ1n) is 14.6. The number of hydrogen-bond donors (Lipinski definition) is 0. The number of halogens is 1. The van der Waals surface area contributed by atoms with Crippen molar-refractivity contribution in [3.8, 4) is 11.3 Å². The second kappa shape index (κ2) is 11.9. The van der Waals surface area contributed by atoms with Crippen molar-refractivity contribution in [3.05, 3.63) is 98.6 Å². The maximum atomic E-state index is 13.4. The predicted octanol–water partition coefficient (Wildman–Crippen LogP) is 6.74. The molecule has 11 heteroatoms. The maximum absolute atomic E-state index is 13.4. The fourth-order valence-corrected chi connectivity index (χ4v) is 6.39. The number of nitrogens with zero attached hydrogens (tertiary/aromatic N) is 3. The molecule has 1 aliphatic heterocycles. The summed E-state index contributed by atoms with van der Waals surface area (Å²) in [5, 5.41) is 11.6. The van der Waals surface area contributed by atoms with E-state index in [2.05, 4.69) is 6.92 Å². The van der Waals surface area contributed by atoms with E-state index >= 15 is 0 Å². The van der Waals surface area contributed by atoms with E-state index in [1.165, 1.54) is 17.0 Å². The number of aromatic nitrogens is 1. The number of nitro groups is 1. The molecule has 1 saturated heterocycles. The normalized spacial score (nSPS) is 19.4. The van der Waals surface area contributed by atoms with Crippen molar-refractivity contribution in [1.29, 1.82) is 0 Å². The van der Waals surface area contributed by atoms with Crippen LogP contribution >= 0.6 is 11.6 Å². The number of amides is 2. The summed E-state index contributed by atoms with van der Waals surface area (Å²) in [7, 11) is 0. The SMILES string of the molecule is Cc1ccc2nc(-c3ccc(N4C(=O)C5CCC(C)CC5C4=O)cc3)cc(C(=O)OCC(=O)c3ccc(Cl)c([N+](=O)[O-])c3)c2c1. The van der Waals surface area contributed by atoms with Gasteiger partial charge in [0.15, 0.2) is 6.61 Å². The molecule has 3 atom stereocenters. The molecule has 1 aromatic heterocycles. The molecule has 2 amide bonds. The number of anilines is 1. The molecule has 3 unspecified atom stereocenters. The standard InChI is InChI=1S/C34H28ClN3O7/c1-18-3-10-23-25(14-18)33(41)37(32(23)40)22-8-5-20(6-9-22)29-16-26(24-13-19(2)4-12-28(24)36-29)34(42)45-17-31(39)21-7-11-27(35)30(15-21)38(43)44/h4-9,11-13,15-16,18,23,25H,3,10,14,17H2,1-2H3. The van der Waals surface area contributed by atoms with E-state index in [0.29, 0.717) is 40.2 Å². The van der Waals surface area contributed by atoms with Crippen molar-refractivity contribution in [2.45, 2.75) is 33.1 Å². The van der Waals surface area contributed by atoms with E-state index in [9.17, 15) is 29.3 Å². The van der Waals surface area contributed by atoms with Gasteiger partial charge in [-0.2, -0.15) is 0 Å². The van der Waals surface area contributed by atoms with Gasteiger partial charge < -0.3 is 4.74 Å². The molecular formula is C34H28ClN3O7. The number of rotatable bonds is 7. The maximum Gasteiger partial charge on any atom is 0.339 e. The topological polar surface area (TPSA) is 137 Å². The van der Waals surface area contributed by atoms with Crippen molar-refractivity contribution in [1.82, 2.24) is 4.98 Å². The second-order valence-electron chi connectivity index (χ2n) is 11.7. The average molecular weight is 626 g/mol. The third-order valence-corrected chi connectivity index (χ3v) is 8.91. The highest BCUT2D eigenvalue weighted by Crippen LogP contribution is 2.42. The quantitative estimate of drug-likeness (QED) is 0.0724. The molecule has 45 heavy (non-hydrogen) atoms. The monoisotopic (exact) mass is 625 g/mol. The Balaban J connectivity index is 1.26. The van der Waals surface area contributed by atoms with Crippen LogP contribution in [0.3, 0.4) is 0 Å². The Morgan fingerprint density at radius 2 is 1.73 bits per heavy atom. The van der Waals surface area contributed by atoms with Crippen LogP contribution in [0.25, 0.3) is 22.2 Å². The molecule has 0 N–H and O–H groups in total. The number of pyridine rings is 1. The number of aryl methyl sites for hydroxylation is 1. The zero-order chi connectivity index (χ0) is 32.0. The summed E-state index contributed by atoms with van der Waals surface area (Å²) in [6.07, 6.45) is 2.37. The zero-order valence-electron chi connectivity index (χ0n) is 24.5. The van der Waals surface area contributed by atoms with Crippen molar-refractivity contribution in [3.63, 3.8) is 0 Å². The van der Waals surface area contributed by atoms with Crippen molar-refractivity contribution < 1.29 is 28.8 Å². The third kappa shape index (κ3) is 5.69. The Bertz CT molecular complexity index is 1910. The largest absolute Gasteiger partial charge is 0.454 e. The number of carbonyl (C=O) groups is 4. The van der Waals surface area contributed by atoms with Crippen LogP contribution in [0.5, 0.6) is 0 Å².